The molecule has 1 heterocycles. The standard InChI is InChI=1S/C13H23NO2/c1-2-10-3-5-12(6-4-10)14-8-11(9-14)7-13(15)16/h10-12H,2-9H2,1H3,(H,15,16). The van der Waals surface area contributed by atoms with Gasteiger partial charge >= 0.3 is 5.97 Å². The summed E-state index contributed by atoms with van der Waals surface area (Å²) in [5.74, 6) is 0.730. The van der Waals surface area contributed by atoms with Crippen LogP contribution in [-0.4, -0.2) is 35.1 Å². The fourth-order valence-corrected chi connectivity index (χ4v) is 3.20. The van der Waals surface area contributed by atoms with Gasteiger partial charge in [-0.3, -0.25) is 9.69 Å². The van der Waals surface area contributed by atoms with Gasteiger partial charge in [-0.1, -0.05) is 13.3 Å². The van der Waals surface area contributed by atoms with E-state index in [4.69, 9.17) is 5.11 Å². The Labute approximate surface area is 97.8 Å². The second-order valence-corrected chi connectivity index (χ2v) is 5.50. The van der Waals surface area contributed by atoms with Crippen molar-refractivity contribution in [1.82, 2.24) is 4.90 Å². The van der Waals surface area contributed by atoms with Crippen LogP contribution in [0.25, 0.3) is 0 Å². The molecule has 3 nitrogen and oxygen atoms in total. The van der Waals surface area contributed by atoms with Crippen LogP contribution in [-0.2, 0) is 4.79 Å². The largest absolute Gasteiger partial charge is 0.481 e. The third-order valence-electron chi connectivity index (χ3n) is 4.36. The monoisotopic (exact) mass is 225 g/mol. The number of carboxylic acids is 1. The second-order valence-electron chi connectivity index (χ2n) is 5.50. The highest BCUT2D eigenvalue weighted by atomic mass is 16.4. The van der Waals surface area contributed by atoms with E-state index in [1.807, 2.05) is 0 Å². The summed E-state index contributed by atoms with van der Waals surface area (Å²) in [6, 6.07) is 0.757. The Morgan fingerprint density at radius 1 is 1.19 bits per heavy atom. The molecule has 1 saturated carbocycles. The summed E-state index contributed by atoms with van der Waals surface area (Å²) in [5.41, 5.74) is 0. The van der Waals surface area contributed by atoms with Gasteiger partial charge in [0, 0.05) is 19.1 Å². The number of carbonyl (C=O) groups is 1. The fraction of sp³-hybridized carbons (Fsp3) is 0.923. The highest BCUT2D eigenvalue weighted by Crippen LogP contribution is 2.33. The van der Waals surface area contributed by atoms with Crippen molar-refractivity contribution >= 4 is 5.97 Å². The van der Waals surface area contributed by atoms with Crippen molar-refractivity contribution in [2.75, 3.05) is 13.1 Å². The Hall–Kier alpha value is -0.570. The predicted molar refractivity (Wildman–Crippen MR) is 63.4 cm³/mol. The third kappa shape index (κ3) is 2.76. The topological polar surface area (TPSA) is 40.5 Å². The third-order valence-corrected chi connectivity index (χ3v) is 4.36. The zero-order valence-electron chi connectivity index (χ0n) is 10.2. The van der Waals surface area contributed by atoms with Gasteiger partial charge in [-0.25, -0.2) is 0 Å². The van der Waals surface area contributed by atoms with E-state index in [1.54, 1.807) is 0 Å². The first-order valence-electron chi connectivity index (χ1n) is 6.65. The van der Waals surface area contributed by atoms with Gasteiger partial charge in [-0.2, -0.15) is 0 Å². The zero-order chi connectivity index (χ0) is 11.5. The first-order chi connectivity index (χ1) is 7.69. The van der Waals surface area contributed by atoms with Crippen molar-refractivity contribution in [3.05, 3.63) is 0 Å². The first-order valence-corrected chi connectivity index (χ1v) is 6.65. The van der Waals surface area contributed by atoms with Crippen LogP contribution in [0.1, 0.15) is 45.4 Å². The molecule has 16 heavy (non-hydrogen) atoms. The van der Waals surface area contributed by atoms with E-state index < -0.39 is 5.97 Å². The van der Waals surface area contributed by atoms with E-state index in [9.17, 15) is 4.79 Å². The summed E-state index contributed by atoms with van der Waals surface area (Å²) in [5, 5.41) is 8.69. The molecule has 0 atom stereocenters. The number of nitrogens with zero attached hydrogens (tertiary/aromatic N) is 1. The lowest BCUT2D eigenvalue weighted by atomic mass is 9.81. The van der Waals surface area contributed by atoms with Crippen LogP contribution in [0.5, 0.6) is 0 Å². The quantitative estimate of drug-likeness (QED) is 0.798. The molecular formula is C13H23NO2. The van der Waals surface area contributed by atoms with Crippen LogP contribution >= 0.6 is 0 Å². The molecule has 0 aromatic heterocycles. The van der Waals surface area contributed by atoms with Gasteiger partial charge in [0.1, 0.15) is 0 Å². The van der Waals surface area contributed by atoms with E-state index in [1.165, 1.54) is 32.1 Å². The highest BCUT2D eigenvalue weighted by Gasteiger charge is 2.34. The molecule has 0 amide bonds. The number of hydrogen-bond donors (Lipinski definition) is 1. The van der Waals surface area contributed by atoms with Crippen LogP contribution in [0.15, 0.2) is 0 Å². The molecule has 1 aliphatic heterocycles. The van der Waals surface area contributed by atoms with Crippen molar-refractivity contribution in [2.24, 2.45) is 11.8 Å². The van der Waals surface area contributed by atoms with Gasteiger partial charge in [-0.05, 0) is 37.5 Å². The van der Waals surface area contributed by atoms with E-state index >= 15 is 0 Å². The fourth-order valence-electron chi connectivity index (χ4n) is 3.20. The first kappa shape index (κ1) is 11.9. The zero-order valence-corrected chi connectivity index (χ0v) is 10.2. The van der Waals surface area contributed by atoms with Crippen molar-refractivity contribution in [1.29, 1.82) is 0 Å². The van der Waals surface area contributed by atoms with E-state index in [0.717, 1.165) is 25.0 Å². The Morgan fingerprint density at radius 2 is 1.81 bits per heavy atom. The van der Waals surface area contributed by atoms with Gasteiger partial charge in [0.05, 0.1) is 6.42 Å². The highest BCUT2D eigenvalue weighted by molar-refractivity contribution is 5.67. The van der Waals surface area contributed by atoms with Gasteiger partial charge in [0.15, 0.2) is 0 Å². The lowest BCUT2D eigenvalue weighted by Gasteiger charge is -2.46. The molecule has 0 aromatic carbocycles. The van der Waals surface area contributed by atoms with Gasteiger partial charge in [-0.15, -0.1) is 0 Å². The summed E-state index contributed by atoms with van der Waals surface area (Å²) in [4.78, 5) is 13.0. The second kappa shape index (κ2) is 5.17. The Morgan fingerprint density at radius 3 is 2.31 bits per heavy atom. The summed E-state index contributed by atoms with van der Waals surface area (Å²) in [6.07, 6.45) is 7.11. The Balaban J connectivity index is 1.67. The van der Waals surface area contributed by atoms with Crippen LogP contribution < -0.4 is 0 Å². The van der Waals surface area contributed by atoms with Crippen molar-refractivity contribution < 1.29 is 9.90 Å². The molecule has 0 bridgehead atoms. The van der Waals surface area contributed by atoms with Crippen molar-refractivity contribution in [3.8, 4) is 0 Å². The molecular weight excluding hydrogens is 202 g/mol. The lowest BCUT2D eigenvalue weighted by Crippen LogP contribution is -2.53. The van der Waals surface area contributed by atoms with Gasteiger partial charge in [0.2, 0.25) is 0 Å². The molecule has 0 radical (unpaired) electrons. The predicted octanol–water partition coefficient (Wildman–Crippen LogP) is 2.36. The summed E-state index contributed by atoms with van der Waals surface area (Å²) in [6.45, 7) is 4.33. The summed E-state index contributed by atoms with van der Waals surface area (Å²) < 4.78 is 0. The van der Waals surface area contributed by atoms with E-state index in [2.05, 4.69) is 11.8 Å². The van der Waals surface area contributed by atoms with Crippen LogP contribution in [0.2, 0.25) is 0 Å². The Bertz CT molecular complexity index is 240. The van der Waals surface area contributed by atoms with E-state index in [-0.39, 0.29) is 0 Å². The minimum atomic E-state index is -0.639. The molecule has 2 fully saturated rings. The number of carboxylic acid groups (broad SMARTS) is 1. The molecule has 0 spiro atoms. The number of rotatable bonds is 4. The van der Waals surface area contributed by atoms with Gasteiger partial charge in [0.25, 0.3) is 0 Å². The maximum absolute atomic E-state index is 10.5. The van der Waals surface area contributed by atoms with Crippen molar-refractivity contribution in [3.63, 3.8) is 0 Å². The van der Waals surface area contributed by atoms with Crippen LogP contribution in [0.4, 0.5) is 0 Å². The molecule has 3 heteroatoms. The molecule has 0 unspecified atom stereocenters. The Kier molecular flexibility index (Phi) is 3.85. The van der Waals surface area contributed by atoms with Crippen LogP contribution in [0.3, 0.4) is 0 Å². The maximum atomic E-state index is 10.5. The van der Waals surface area contributed by atoms with E-state index in [0.29, 0.717) is 12.3 Å². The average molecular weight is 225 g/mol. The number of likely N-dealkylation sites (tertiary alicyclic amines) is 1. The van der Waals surface area contributed by atoms with Gasteiger partial charge < -0.3 is 5.11 Å². The molecule has 1 saturated heterocycles. The molecule has 2 rings (SSSR count). The normalized spacial score (nSPS) is 32.3. The minimum absolute atomic E-state index is 0.362. The molecule has 92 valence electrons. The van der Waals surface area contributed by atoms with Crippen molar-refractivity contribution in [2.45, 2.75) is 51.5 Å². The number of hydrogen-bond acceptors (Lipinski definition) is 2. The SMILES string of the molecule is CCC1CCC(N2CC(CC(=O)O)C2)CC1. The van der Waals surface area contributed by atoms with Crippen LogP contribution in [0, 0.1) is 11.8 Å². The number of aliphatic carboxylic acids is 1. The lowest BCUT2D eigenvalue weighted by molar-refractivity contribution is -0.140. The molecule has 0 aromatic rings. The maximum Gasteiger partial charge on any atom is 0.303 e. The smallest absolute Gasteiger partial charge is 0.303 e. The average Bonchev–Trinajstić information content (AvgIpc) is 2.23. The molecule has 2 aliphatic rings. The summed E-state index contributed by atoms with van der Waals surface area (Å²) >= 11 is 0. The summed E-state index contributed by atoms with van der Waals surface area (Å²) in [7, 11) is 0. The molecule has 1 aliphatic carbocycles. The molecule has 1 N–H and O–H groups in total. The minimum Gasteiger partial charge on any atom is -0.481 e.